The Kier molecular flexibility index (Phi) is 4.25. The van der Waals surface area contributed by atoms with E-state index >= 15 is 0 Å². The highest BCUT2D eigenvalue weighted by Gasteiger charge is 2.17. The van der Waals surface area contributed by atoms with Crippen molar-refractivity contribution in [2.45, 2.75) is 31.8 Å². The normalized spacial score (nSPS) is 17.8. The second-order valence-corrected chi connectivity index (χ2v) is 5.28. The van der Waals surface area contributed by atoms with Gasteiger partial charge in [0.25, 0.3) is 0 Å². The molecule has 0 radical (unpaired) electrons. The quantitative estimate of drug-likeness (QED) is 0.860. The van der Waals surface area contributed by atoms with Crippen LogP contribution in [0.4, 0.5) is 0 Å². The summed E-state index contributed by atoms with van der Waals surface area (Å²) in [6.45, 7) is 1.59. The molecule has 21 heavy (non-hydrogen) atoms. The van der Waals surface area contributed by atoms with E-state index in [-0.39, 0.29) is 5.91 Å². The predicted octanol–water partition coefficient (Wildman–Crippen LogP) is 1.03. The minimum Gasteiger partial charge on any atom is -0.352 e. The molecule has 1 atom stereocenters. The molecular weight excluding hydrogens is 266 g/mol. The van der Waals surface area contributed by atoms with Gasteiger partial charge in [0.05, 0.1) is 5.69 Å². The van der Waals surface area contributed by atoms with Gasteiger partial charge in [-0.05, 0) is 37.1 Å². The molecular formula is C15H19N5O. The third kappa shape index (κ3) is 3.66. The predicted molar refractivity (Wildman–Crippen MR) is 78.8 cm³/mol. The summed E-state index contributed by atoms with van der Waals surface area (Å²) in [6, 6.07) is 8.26. The largest absolute Gasteiger partial charge is 0.352 e. The van der Waals surface area contributed by atoms with Gasteiger partial charge < -0.3 is 10.6 Å². The number of nitrogens with one attached hydrogen (secondary N) is 2. The number of aromatic nitrogens is 3. The lowest BCUT2D eigenvalue weighted by Gasteiger charge is -2.10. The minimum absolute atomic E-state index is 0.106. The van der Waals surface area contributed by atoms with Gasteiger partial charge in [-0.1, -0.05) is 12.1 Å². The van der Waals surface area contributed by atoms with E-state index in [1.807, 2.05) is 24.3 Å². The Morgan fingerprint density at radius 2 is 2.24 bits per heavy atom. The van der Waals surface area contributed by atoms with Gasteiger partial charge in [-0.25, -0.2) is 9.67 Å². The molecule has 0 saturated carbocycles. The van der Waals surface area contributed by atoms with E-state index in [0.29, 0.717) is 19.0 Å². The third-order valence-corrected chi connectivity index (χ3v) is 3.70. The molecule has 2 aromatic rings. The zero-order valence-corrected chi connectivity index (χ0v) is 11.8. The van der Waals surface area contributed by atoms with Crippen LogP contribution in [0.1, 0.15) is 24.8 Å². The monoisotopic (exact) mass is 285 g/mol. The molecule has 2 N–H and O–H groups in total. The van der Waals surface area contributed by atoms with Crippen LogP contribution >= 0.6 is 0 Å². The molecule has 1 aromatic heterocycles. The third-order valence-electron chi connectivity index (χ3n) is 3.70. The van der Waals surface area contributed by atoms with Crippen LogP contribution < -0.4 is 10.6 Å². The van der Waals surface area contributed by atoms with Crippen LogP contribution in [0.15, 0.2) is 36.9 Å². The minimum atomic E-state index is 0.106. The summed E-state index contributed by atoms with van der Waals surface area (Å²) in [5, 5.41) is 10.4. The lowest BCUT2D eigenvalue weighted by molar-refractivity contribution is -0.121. The van der Waals surface area contributed by atoms with Gasteiger partial charge in [-0.15, -0.1) is 0 Å². The lowest BCUT2D eigenvalue weighted by atomic mass is 10.1. The highest BCUT2D eigenvalue weighted by Crippen LogP contribution is 2.10. The van der Waals surface area contributed by atoms with E-state index in [4.69, 9.17) is 0 Å². The Bertz CT molecular complexity index is 573. The Morgan fingerprint density at radius 1 is 1.38 bits per heavy atom. The van der Waals surface area contributed by atoms with Gasteiger partial charge in [-0.2, -0.15) is 5.10 Å². The first kappa shape index (κ1) is 13.8. The number of carbonyl (C=O) groups excluding carboxylic acids is 1. The highest BCUT2D eigenvalue weighted by molar-refractivity contribution is 5.76. The van der Waals surface area contributed by atoms with E-state index < -0.39 is 0 Å². The van der Waals surface area contributed by atoms with Crippen molar-refractivity contribution in [2.24, 2.45) is 0 Å². The zero-order valence-electron chi connectivity index (χ0n) is 11.8. The summed E-state index contributed by atoms with van der Waals surface area (Å²) in [4.78, 5) is 15.8. The number of amides is 1. The Hall–Kier alpha value is -2.21. The molecule has 1 aliphatic rings. The van der Waals surface area contributed by atoms with Crippen LogP contribution in [0, 0.1) is 0 Å². The number of hydrogen-bond acceptors (Lipinski definition) is 4. The first-order valence-corrected chi connectivity index (χ1v) is 7.25. The van der Waals surface area contributed by atoms with Gasteiger partial charge in [0.2, 0.25) is 5.91 Å². The van der Waals surface area contributed by atoms with Crippen molar-refractivity contribution in [3.05, 3.63) is 42.5 Å². The molecule has 3 rings (SSSR count). The fraction of sp³-hybridized carbons (Fsp3) is 0.400. The molecule has 6 nitrogen and oxygen atoms in total. The van der Waals surface area contributed by atoms with Crippen molar-refractivity contribution < 1.29 is 4.79 Å². The Labute approximate surface area is 123 Å². The van der Waals surface area contributed by atoms with Gasteiger partial charge in [0, 0.05) is 19.0 Å². The SMILES string of the molecule is O=C(CC1CCCN1)NCc1ccc(-n2cncn2)cc1. The van der Waals surface area contributed by atoms with E-state index in [0.717, 1.165) is 24.2 Å². The maximum Gasteiger partial charge on any atom is 0.221 e. The summed E-state index contributed by atoms with van der Waals surface area (Å²) in [7, 11) is 0. The maximum absolute atomic E-state index is 11.9. The maximum atomic E-state index is 11.9. The Balaban J connectivity index is 1.50. The second kappa shape index (κ2) is 6.49. The van der Waals surface area contributed by atoms with Crippen LogP contribution in [0.2, 0.25) is 0 Å². The summed E-state index contributed by atoms with van der Waals surface area (Å²) < 4.78 is 1.70. The van der Waals surface area contributed by atoms with Crippen molar-refractivity contribution in [3.63, 3.8) is 0 Å². The van der Waals surface area contributed by atoms with E-state index in [9.17, 15) is 4.79 Å². The van der Waals surface area contributed by atoms with Gasteiger partial charge in [-0.3, -0.25) is 4.79 Å². The molecule has 1 aliphatic heterocycles. The molecule has 0 aliphatic carbocycles. The fourth-order valence-corrected chi connectivity index (χ4v) is 2.54. The van der Waals surface area contributed by atoms with Crippen LogP contribution in [0.5, 0.6) is 0 Å². The smallest absolute Gasteiger partial charge is 0.221 e. The molecule has 110 valence electrons. The first-order chi connectivity index (χ1) is 10.3. The summed E-state index contributed by atoms with van der Waals surface area (Å²) in [6.07, 6.45) is 6.00. The van der Waals surface area contributed by atoms with Crippen molar-refractivity contribution in [1.82, 2.24) is 25.4 Å². The number of nitrogens with zero attached hydrogens (tertiary/aromatic N) is 3. The van der Waals surface area contributed by atoms with E-state index in [1.165, 1.54) is 12.7 Å². The fourth-order valence-electron chi connectivity index (χ4n) is 2.54. The van der Waals surface area contributed by atoms with E-state index in [1.54, 1.807) is 11.0 Å². The summed E-state index contributed by atoms with van der Waals surface area (Å²) in [5.41, 5.74) is 2.03. The molecule has 1 fully saturated rings. The van der Waals surface area contributed by atoms with Gasteiger partial charge >= 0.3 is 0 Å². The van der Waals surface area contributed by atoms with Crippen molar-refractivity contribution in [1.29, 1.82) is 0 Å². The molecule has 1 amide bonds. The van der Waals surface area contributed by atoms with Crippen LogP contribution in [-0.2, 0) is 11.3 Å². The van der Waals surface area contributed by atoms with Crippen LogP contribution in [-0.4, -0.2) is 33.3 Å². The number of rotatable bonds is 5. The lowest BCUT2D eigenvalue weighted by Crippen LogP contribution is -2.31. The first-order valence-electron chi connectivity index (χ1n) is 7.25. The molecule has 1 unspecified atom stereocenters. The topological polar surface area (TPSA) is 71.8 Å². The van der Waals surface area contributed by atoms with Crippen LogP contribution in [0.3, 0.4) is 0 Å². The standard InChI is InChI=1S/C15H19N5O/c21-15(8-13-2-1-7-17-13)18-9-12-3-5-14(6-4-12)20-11-16-10-19-20/h3-6,10-11,13,17H,1-2,7-9H2,(H,18,21). The molecule has 0 spiro atoms. The number of carbonyl (C=O) groups is 1. The van der Waals surface area contributed by atoms with E-state index in [2.05, 4.69) is 20.7 Å². The summed E-state index contributed by atoms with van der Waals surface area (Å²) in [5.74, 6) is 0.106. The van der Waals surface area contributed by atoms with Gasteiger partial charge in [0.1, 0.15) is 12.7 Å². The average Bonchev–Trinajstić information content (AvgIpc) is 3.19. The molecule has 1 saturated heterocycles. The average molecular weight is 285 g/mol. The number of benzene rings is 1. The second-order valence-electron chi connectivity index (χ2n) is 5.28. The Morgan fingerprint density at radius 3 is 2.90 bits per heavy atom. The zero-order chi connectivity index (χ0) is 14.5. The van der Waals surface area contributed by atoms with Crippen molar-refractivity contribution in [2.75, 3.05) is 6.54 Å². The molecule has 1 aromatic carbocycles. The number of hydrogen-bond donors (Lipinski definition) is 2. The molecule has 6 heteroatoms. The summed E-state index contributed by atoms with van der Waals surface area (Å²) >= 11 is 0. The van der Waals surface area contributed by atoms with Crippen molar-refractivity contribution in [3.8, 4) is 5.69 Å². The van der Waals surface area contributed by atoms with Crippen LogP contribution in [0.25, 0.3) is 5.69 Å². The van der Waals surface area contributed by atoms with Gasteiger partial charge in [0.15, 0.2) is 0 Å². The molecule has 0 bridgehead atoms. The highest BCUT2D eigenvalue weighted by atomic mass is 16.1. The van der Waals surface area contributed by atoms with Crippen molar-refractivity contribution >= 4 is 5.91 Å². The molecule has 2 heterocycles.